The van der Waals surface area contributed by atoms with Gasteiger partial charge in [-0.3, -0.25) is 9.48 Å². The Labute approximate surface area is 122 Å². The van der Waals surface area contributed by atoms with Crippen molar-refractivity contribution in [2.75, 3.05) is 5.32 Å². The largest absolute Gasteiger partial charge is 0.324 e. The number of nitrogens with one attached hydrogen (secondary N) is 1. The molecule has 5 heteroatoms. The molecular weight excluding hydrogens is 264 g/mol. The minimum atomic E-state index is -0.738. The molecule has 0 aliphatic carbocycles. The van der Waals surface area contributed by atoms with E-state index in [1.807, 2.05) is 42.5 Å². The predicted octanol–water partition coefficient (Wildman–Crippen LogP) is 2.21. The number of hydrogen-bond donors (Lipinski definition) is 2. The van der Waals surface area contributed by atoms with Crippen molar-refractivity contribution in [3.63, 3.8) is 0 Å². The van der Waals surface area contributed by atoms with Crippen molar-refractivity contribution in [1.29, 1.82) is 0 Å². The fraction of sp³-hybridized carbons (Fsp3) is 0.125. The zero-order valence-corrected chi connectivity index (χ0v) is 11.7. The molecule has 1 heterocycles. The minimum absolute atomic E-state index is 0.251. The van der Waals surface area contributed by atoms with Crippen LogP contribution in [-0.4, -0.2) is 15.7 Å². The van der Waals surface area contributed by atoms with Crippen molar-refractivity contribution in [2.45, 2.75) is 6.04 Å². The van der Waals surface area contributed by atoms with Crippen molar-refractivity contribution in [3.8, 4) is 0 Å². The molecule has 3 aromatic rings. The van der Waals surface area contributed by atoms with Crippen molar-refractivity contribution in [1.82, 2.24) is 9.78 Å². The zero-order valence-electron chi connectivity index (χ0n) is 11.7. The maximum absolute atomic E-state index is 12.3. The lowest BCUT2D eigenvalue weighted by molar-refractivity contribution is -0.117. The average Bonchev–Trinajstić information content (AvgIpc) is 2.93. The number of rotatable bonds is 3. The van der Waals surface area contributed by atoms with E-state index in [0.29, 0.717) is 5.56 Å². The van der Waals surface area contributed by atoms with Crippen LogP contribution in [-0.2, 0) is 11.8 Å². The van der Waals surface area contributed by atoms with Crippen LogP contribution in [0.5, 0.6) is 0 Å². The van der Waals surface area contributed by atoms with Crippen LogP contribution in [0, 0.1) is 0 Å². The van der Waals surface area contributed by atoms with Gasteiger partial charge in [-0.2, -0.15) is 5.10 Å². The van der Waals surface area contributed by atoms with E-state index in [4.69, 9.17) is 5.73 Å². The van der Waals surface area contributed by atoms with Gasteiger partial charge >= 0.3 is 0 Å². The molecule has 0 saturated carbocycles. The molecule has 0 radical (unpaired) electrons. The second-order valence-electron chi connectivity index (χ2n) is 4.94. The summed E-state index contributed by atoms with van der Waals surface area (Å²) in [5.74, 6) is -0.251. The highest BCUT2D eigenvalue weighted by Gasteiger charge is 2.18. The first-order valence-corrected chi connectivity index (χ1v) is 6.68. The molecule has 21 heavy (non-hydrogen) atoms. The van der Waals surface area contributed by atoms with Gasteiger partial charge in [-0.1, -0.05) is 36.4 Å². The first kappa shape index (κ1) is 13.3. The van der Waals surface area contributed by atoms with E-state index in [2.05, 4.69) is 10.4 Å². The first-order chi connectivity index (χ1) is 10.1. The SMILES string of the molecule is Cn1cc(C(N)C(=O)Nc2cccc3ccccc23)cn1. The molecule has 1 atom stereocenters. The van der Waals surface area contributed by atoms with E-state index in [-0.39, 0.29) is 5.91 Å². The summed E-state index contributed by atoms with van der Waals surface area (Å²) in [4.78, 5) is 12.3. The summed E-state index contributed by atoms with van der Waals surface area (Å²) in [6.07, 6.45) is 3.35. The number of anilines is 1. The fourth-order valence-electron chi connectivity index (χ4n) is 2.30. The molecule has 3 rings (SSSR count). The maximum Gasteiger partial charge on any atom is 0.246 e. The van der Waals surface area contributed by atoms with Crippen molar-refractivity contribution in [2.24, 2.45) is 12.8 Å². The summed E-state index contributed by atoms with van der Waals surface area (Å²) < 4.78 is 1.63. The molecule has 3 N–H and O–H groups in total. The van der Waals surface area contributed by atoms with Crippen molar-refractivity contribution in [3.05, 3.63) is 60.4 Å². The minimum Gasteiger partial charge on any atom is -0.324 e. The third kappa shape index (κ3) is 2.64. The van der Waals surface area contributed by atoms with Crippen molar-refractivity contribution < 1.29 is 4.79 Å². The number of nitrogens with two attached hydrogens (primary N) is 1. The van der Waals surface area contributed by atoms with Gasteiger partial charge in [0.1, 0.15) is 6.04 Å². The van der Waals surface area contributed by atoms with E-state index in [1.54, 1.807) is 24.1 Å². The standard InChI is InChI=1S/C16H16N4O/c1-20-10-12(9-18-20)15(17)16(21)19-14-8-4-6-11-5-2-3-7-13(11)14/h2-10,15H,17H2,1H3,(H,19,21). The lowest BCUT2D eigenvalue weighted by atomic mass is 10.1. The van der Waals surface area contributed by atoms with Gasteiger partial charge in [-0.15, -0.1) is 0 Å². The highest BCUT2D eigenvalue weighted by Crippen LogP contribution is 2.24. The number of fused-ring (bicyclic) bond motifs is 1. The number of aromatic nitrogens is 2. The molecule has 0 bridgehead atoms. The number of nitrogens with zero attached hydrogens (tertiary/aromatic N) is 2. The van der Waals surface area contributed by atoms with E-state index in [1.165, 1.54) is 0 Å². The van der Waals surface area contributed by atoms with Crippen molar-refractivity contribution >= 4 is 22.4 Å². The molecule has 0 aliphatic rings. The second kappa shape index (κ2) is 5.38. The smallest absolute Gasteiger partial charge is 0.246 e. The van der Waals surface area contributed by atoms with E-state index in [0.717, 1.165) is 16.5 Å². The highest BCUT2D eigenvalue weighted by molar-refractivity contribution is 6.03. The molecule has 0 fully saturated rings. The molecular formula is C16H16N4O. The van der Waals surface area contributed by atoms with Gasteiger partial charge in [0, 0.05) is 29.9 Å². The molecule has 1 unspecified atom stereocenters. The molecule has 0 spiro atoms. The van der Waals surface area contributed by atoms with Gasteiger partial charge in [-0.05, 0) is 11.5 Å². The Bertz CT molecular complexity index is 788. The molecule has 1 aromatic heterocycles. The van der Waals surface area contributed by atoms with Crippen LogP contribution in [0.15, 0.2) is 54.9 Å². The first-order valence-electron chi connectivity index (χ1n) is 6.68. The summed E-state index contributed by atoms with van der Waals surface area (Å²) >= 11 is 0. The van der Waals surface area contributed by atoms with Crippen LogP contribution < -0.4 is 11.1 Å². The Kier molecular flexibility index (Phi) is 3.41. The number of benzene rings is 2. The van der Waals surface area contributed by atoms with E-state index >= 15 is 0 Å². The van der Waals surface area contributed by atoms with E-state index < -0.39 is 6.04 Å². The molecule has 0 saturated heterocycles. The Morgan fingerprint density at radius 3 is 2.76 bits per heavy atom. The topological polar surface area (TPSA) is 72.9 Å². The Morgan fingerprint density at radius 1 is 1.24 bits per heavy atom. The second-order valence-corrected chi connectivity index (χ2v) is 4.94. The number of aryl methyl sites for hydroxylation is 1. The highest BCUT2D eigenvalue weighted by atomic mass is 16.2. The Balaban J connectivity index is 1.86. The van der Waals surface area contributed by atoms with Crippen LogP contribution in [0.4, 0.5) is 5.69 Å². The quantitative estimate of drug-likeness (QED) is 0.772. The maximum atomic E-state index is 12.3. The van der Waals surface area contributed by atoms with E-state index in [9.17, 15) is 4.79 Å². The number of amides is 1. The third-order valence-corrected chi connectivity index (χ3v) is 3.41. The molecule has 2 aromatic carbocycles. The molecule has 1 amide bonds. The zero-order chi connectivity index (χ0) is 14.8. The van der Waals surface area contributed by atoms with Gasteiger partial charge in [0.2, 0.25) is 5.91 Å². The molecule has 106 valence electrons. The van der Waals surface area contributed by atoms with Crippen LogP contribution in [0.3, 0.4) is 0 Å². The lowest BCUT2D eigenvalue weighted by Crippen LogP contribution is -2.27. The van der Waals surface area contributed by atoms with Gasteiger partial charge in [-0.25, -0.2) is 0 Å². The molecule has 5 nitrogen and oxygen atoms in total. The van der Waals surface area contributed by atoms with Crippen LogP contribution in [0.1, 0.15) is 11.6 Å². The fourth-order valence-corrected chi connectivity index (χ4v) is 2.30. The Hall–Kier alpha value is -2.66. The lowest BCUT2D eigenvalue weighted by Gasteiger charge is -2.12. The number of carbonyl (C=O) groups excluding carboxylic acids is 1. The summed E-state index contributed by atoms with van der Waals surface area (Å²) in [6.45, 7) is 0. The normalized spacial score (nSPS) is 12.3. The summed E-state index contributed by atoms with van der Waals surface area (Å²) in [5.41, 5.74) is 7.43. The number of carbonyl (C=O) groups is 1. The molecule has 0 aliphatic heterocycles. The van der Waals surface area contributed by atoms with Gasteiger partial charge in [0.15, 0.2) is 0 Å². The van der Waals surface area contributed by atoms with Gasteiger partial charge in [0.05, 0.1) is 6.20 Å². The van der Waals surface area contributed by atoms with Crippen LogP contribution >= 0.6 is 0 Å². The summed E-state index contributed by atoms with van der Waals surface area (Å²) in [5, 5.41) is 8.99. The third-order valence-electron chi connectivity index (χ3n) is 3.41. The number of hydrogen-bond acceptors (Lipinski definition) is 3. The monoisotopic (exact) mass is 280 g/mol. The summed E-state index contributed by atoms with van der Waals surface area (Å²) in [6, 6.07) is 12.9. The van der Waals surface area contributed by atoms with Crippen LogP contribution in [0.25, 0.3) is 10.8 Å². The van der Waals surface area contributed by atoms with Gasteiger partial charge in [0.25, 0.3) is 0 Å². The van der Waals surface area contributed by atoms with Gasteiger partial charge < -0.3 is 11.1 Å². The average molecular weight is 280 g/mol. The predicted molar refractivity (Wildman–Crippen MR) is 82.7 cm³/mol. The Morgan fingerprint density at radius 2 is 2.00 bits per heavy atom. The van der Waals surface area contributed by atoms with Crippen LogP contribution in [0.2, 0.25) is 0 Å². The summed E-state index contributed by atoms with van der Waals surface area (Å²) in [7, 11) is 1.79.